The fraction of sp³-hybridized carbons (Fsp3) is 0.586. The van der Waals surface area contributed by atoms with Gasteiger partial charge in [-0.3, -0.25) is 14.6 Å². The Kier molecular flexibility index (Phi) is 7.67. The number of carbonyl (C=O) groups is 2. The minimum Gasteiger partial charge on any atom is -0.458 e. The van der Waals surface area contributed by atoms with Crippen molar-refractivity contribution >= 4 is 17.5 Å². The van der Waals surface area contributed by atoms with Crippen molar-refractivity contribution in [1.82, 2.24) is 24.6 Å². The van der Waals surface area contributed by atoms with Gasteiger partial charge in [-0.2, -0.15) is 18.2 Å². The van der Waals surface area contributed by atoms with Gasteiger partial charge in [-0.15, -0.1) is 5.10 Å². The van der Waals surface area contributed by atoms with Gasteiger partial charge in [0.2, 0.25) is 0 Å². The molecule has 1 saturated carbocycles. The Hall–Kier alpha value is -3.37. The van der Waals surface area contributed by atoms with Crippen LogP contribution >= 0.6 is 0 Å². The van der Waals surface area contributed by atoms with Crippen LogP contribution in [0.2, 0.25) is 0 Å². The molecule has 2 aliphatic rings. The monoisotopic (exact) mass is 557 g/mol. The molecule has 2 unspecified atom stereocenters. The van der Waals surface area contributed by atoms with E-state index in [1.165, 1.54) is 6.07 Å². The number of esters is 1. The molecule has 2 atom stereocenters. The number of pyridine rings is 1. The van der Waals surface area contributed by atoms with Gasteiger partial charge in [0.15, 0.2) is 11.6 Å². The summed E-state index contributed by atoms with van der Waals surface area (Å²) in [6.07, 6.45) is -0.396. The van der Waals surface area contributed by atoms with Gasteiger partial charge in [-0.1, -0.05) is 19.8 Å². The minimum absolute atomic E-state index is 0.0200. The standard InChI is InChI=1S/C29H34F3N5O3/c1-4-21-12-19(13-22(34-21)15-29(30,31)32)9-10-28(20-7-5-6-8-20)16-24(38)23(26(39)40-28)14-25-35-27-33-17(2)11-18(3)37(27)36-25/h11-13,20,23H,4-10,14-16H2,1-3H3. The molecule has 3 aromatic heterocycles. The third-order valence-corrected chi connectivity index (χ3v) is 8.17. The molecule has 0 radical (unpaired) electrons. The van der Waals surface area contributed by atoms with E-state index in [0.717, 1.165) is 37.1 Å². The topological polar surface area (TPSA) is 99.3 Å². The fourth-order valence-corrected chi connectivity index (χ4v) is 6.25. The first kappa shape index (κ1) is 28.2. The van der Waals surface area contributed by atoms with Crippen LogP contribution in [-0.2, 0) is 40.0 Å². The van der Waals surface area contributed by atoms with Crippen LogP contribution in [0.3, 0.4) is 0 Å². The molecular formula is C29H34F3N5O3. The predicted molar refractivity (Wildman–Crippen MR) is 140 cm³/mol. The van der Waals surface area contributed by atoms with Gasteiger partial charge in [-0.25, -0.2) is 9.50 Å². The number of alkyl halides is 3. The number of Topliss-reactive ketones (excluding diaryl/α,β-unsaturated/α-hetero) is 1. The van der Waals surface area contributed by atoms with Crippen molar-refractivity contribution in [3.05, 3.63) is 52.4 Å². The zero-order valence-corrected chi connectivity index (χ0v) is 23.1. The SMILES string of the molecule is CCc1cc(CCC2(C3CCCC3)CC(=O)C(Cc3nc4nc(C)cc(C)n4n3)C(=O)O2)cc(CC(F)(F)F)n1. The number of cyclic esters (lactones) is 1. The molecular weight excluding hydrogens is 523 g/mol. The van der Waals surface area contributed by atoms with Crippen molar-refractivity contribution in [2.45, 2.75) is 96.8 Å². The minimum atomic E-state index is -4.36. The number of ketones is 1. The van der Waals surface area contributed by atoms with Crippen molar-refractivity contribution in [1.29, 1.82) is 0 Å². The second-order valence-electron chi connectivity index (χ2n) is 11.2. The summed E-state index contributed by atoms with van der Waals surface area (Å²) in [5.74, 6) is -0.982. The Bertz CT molecular complexity index is 1410. The number of hydrogen-bond acceptors (Lipinski definition) is 7. The van der Waals surface area contributed by atoms with Crippen LogP contribution in [0.1, 0.15) is 79.6 Å². The van der Waals surface area contributed by atoms with Crippen molar-refractivity contribution < 1.29 is 27.5 Å². The fourth-order valence-electron chi connectivity index (χ4n) is 6.25. The summed E-state index contributed by atoms with van der Waals surface area (Å²) in [6.45, 7) is 5.59. The summed E-state index contributed by atoms with van der Waals surface area (Å²) in [4.78, 5) is 39.9. The van der Waals surface area contributed by atoms with Crippen LogP contribution in [0, 0.1) is 25.7 Å². The van der Waals surface area contributed by atoms with E-state index in [1.807, 2.05) is 32.9 Å². The number of rotatable bonds is 8. The van der Waals surface area contributed by atoms with Crippen LogP contribution in [0.5, 0.6) is 0 Å². The first-order valence-electron chi connectivity index (χ1n) is 14.0. The Morgan fingerprint density at radius 1 is 1.05 bits per heavy atom. The van der Waals surface area contributed by atoms with E-state index in [0.29, 0.717) is 42.1 Å². The smallest absolute Gasteiger partial charge is 0.394 e. The molecule has 11 heteroatoms. The van der Waals surface area contributed by atoms with Gasteiger partial charge in [0.05, 0.1) is 6.42 Å². The quantitative estimate of drug-likeness (QED) is 0.283. The molecule has 1 saturated heterocycles. The molecule has 1 aliphatic carbocycles. The lowest BCUT2D eigenvalue weighted by molar-refractivity contribution is -0.185. The lowest BCUT2D eigenvalue weighted by Crippen LogP contribution is -2.52. The van der Waals surface area contributed by atoms with Gasteiger partial charge in [-0.05, 0) is 75.6 Å². The predicted octanol–water partition coefficient (Wildman–Crippen LogP) is 5.04. The molecule has 40 heavy (non-hydrogen) atoms. The largest absolute Gasteiger partial charge is 0.458 e. The normalized spacial score (nSPS) is 22.3. The number of aryl methyl sites for hydroxylation is 4. The molecule has 1 aliphatic heterocycles. The third kappa shape index (κ3) is 6.02. The molecule has 214 valence electrons. The van der Waals surface area contributed by atoms with Crippen molar-refractivity contribution in [2.24, 2.45) is 11.8 Å². The molecule has 0 amide bonds. The van der Waals surface area contributed by atoms with E-state index >= 15 is 0 Å². The number of ether oxygens (including phenoxy) is 1. The van der Waals surface area contributed by atoms with Gasteiger partial charge in [0.1, 0.15) is 11.5 Å². The summed E-state index contributed by atoms with van der Waals surface area (Å²) >= 11 is 0. The molecule has 2 fully saturated rings. The highest BCUT2D eigenvalue weighted by Gasteiger charge is 2.51. The Morgan fingerprint density at radius 2 is 1.77 bits per heavy atom. The molecule has 3 aromatic rings. The molecule has 0 N–H and O–H groups in total. The molecule has 4 heterocycles. The Morgan fingerprint density at radius 3 is 2.45 bits per heavy atom. The van der Waals surface area contributed by atoms with E-state index < -0.39 is 30.1 Å². The van der Waals surface area contributed by atoms with Crippen LogP contribution in [-0.4, -0.2) is 48.1 Å². The molecule has 0 aromatic carbocycles. The van der Waals surface area contributed by atoms with E-state index in [-0.39, 0.29) is 30.2 Å². The number of fused-ring (bicyclic) bond motifs is 1. The van der Waals surface area contributed by atoms with Crippen molar-refractivity contribution in [2.75, 3.05) is 0 Å². The average Bonchev–Trinajstić information content (AvgIpc) is 3.55. The number of nitrogens with zero attached hydrogens (tertiary/aromatic N) is 5. The average molecular weight is 558 g/mol. The third-order valence-electron chi connectivity index (χ3n) is 8.17. The Labute approximate surface area is 230 Å². The lowest BCUT2D eigenvalue weighted by atomic mass is 9.73. The van der Waals surface area contributed by atoms with Crippen molar-refractivity contribution in [3.8, 4) is 0 Å². The summed E-state index contributed by atoms with van der Waals surface area (Å²) in [7, 11) is 0. The Balaban J connectivity index is 1.36. The number of hydrogen-bond donors (Lipinski definition) is 0. The molecule has 0 bridgehead atoms. The van der Waals surface area contributed by atoms with E-state index in [4.69, 9.17) is 4.74 Å². The summed E-state index contributed by atoms with van der Waals surface area (Å²) in [6, 6.07) is 5.17. The first-order chi connectivity index (χ1) is 18.9. The van der Waals surface area contributed by atoms with Gasteiger partial charge >= 0.3 is 12.1 Å². The second-order valence-corrected chi connectivity index (χ2v) is 11.2. The number of halogens is 3. The van der Waals surface area contributed by atoms with Gasteiger partial charge in [0.25, 0.3) is 5.78 Å². The van der Waals surface area contributed by atoms with E-state index in [9.17, 15) is 22.8 Å². The van der Waals surface area contributed by atoms with Crippen molar-refractivity contribution in [3.63, 3.8) is 0 Å². The number of carbonyl (C=O) groups excluding carboxylic acids is 2. The zero-order valence-electron chi connectivity index (χ0n) is 23.1. The number of aromatic nitrogens is 5. The summed E-state index contributed by atoms with van der Waals surface area (Å²) < 4.78 is 47.0. The van der Waals surface area contributed by atoms with Gasteiger partial charge < -0.3 is 4.74 Å². The van der Waals surface area contributed by atoms with Crippen LogP contribution in [0.4, 0.5) is 13.2 Å². The highest BCUT2D eigenvalue weighted by Crippen LogP contribution is 2.45. The second kappa shape index (κ2) is 10.9. The highest BCUT2D eigenvalue weighted by atomic mass is 19.4. The lowest BCUT2D eigenvalue weighted by Gasteiger charge is -2.43. The highest BCUT2D eigenvalue weighted by molar-refractivity contribution is 6.01. The summed E-state index contributed by atoms with van der Waals surface area (Å²) in [5, 5.41) is 4.45. The molecule has 5 rings (SSSR count). The maximum Gasteiger partial charge on any atom is 0.394 e. The first-order valence-corrected chi connectivity index (χ1v) is 14.0. The van der Waals surface area contributed by atoms with E-state index in [1.54, 1.807) is 4.52 Å². The zero-order chi connectivity index (χ0) is 28.7. The van der Waals surface area contributed by atoms with Crippen LogP contribution in [0.15, 0.2) is 18.2 Å². The van der Waals surface area contributed by atoms with Crippen LogP contribution < -0.4 is 0 Å². The van der Waals surface area contributed by atoms with Gasteiger partial charge in [0, 0.05) is 35.6 Å². The van der Waals surface area contributed by atoms with Crippen LogP contribution in [0.25, 0.3) is 5.78 Å². The van der Waals surface area contributed by atoms with E-state index in [2.05, 4.69) is 20.1 Å². The molecule has 0 spiro atoms. The maximum absolute atomic E-state index is 13.5. The maximum atomic E-state index is 13.5. The summed E-state index contributed by atoms with van der Waals surface area (Å²) in [5.41, 5.74) is 1.95. The molecule has 8 nitrogen and oxygen atoms in total.